The Morgan fingerprint density at radius 3 is 2.07 bits per heavy atom. The molecule has 9 nitrogen and oxygen atoms in total. The Labute approximate surface area is 176 Å². The highest BCUT2D eigenvalue weighted by atomic mass is 16.5. The van der Waals surface area contributed by atoms with Crippen molar-refractivity contribution in [1.29, 1.82) is 0 Å². The zero-order valence-corrected chi connectivity index (χ0v) is 17.4. The third-order valence-corrected chi connectivity index (χ3v) is 6.20. The van der Waals surface area contributed by atoms with E-state index >= 15 is 0 Å². The van der Waals surface area contributed by atoms with Crippen molar-refractivity contribution in [3.05, 3.63) is 16.4 Å². The monoisotopic (exact) mass is 414 g/mol. The average molecular weight is 415 g/mol. The van der Waals surface area contributed by atoms with Gasteiger partial charge in [0.1, 0.15) is 11.3 Å². The molecule has 0 unspecified atom stereocenters. The van der Waals surface area contributed by atoms with Gasteiger partial charge in [0.15, 0.2) is 5.82 Å². The Hall–Kier alpha value is -2.39. The molecule has 0 aromatic carbocycles. The topological polar surface area (TPSA) is 86.8 Å². The number of aromatic amines is 1. The summed E-state index contributed by atoms with van der Waals surface area (Å²) in [4.78, 5) is 32.7. The third kappa shape index (κ3) is 3.96. The standard InChI is InChI=1S/C21H30N6O3/c28-20-16-15-17(25-7-11-29-12-8-25)22-19(26-5-3-1-2-4-6-26)18(16)23-21(24-20)27-9-13-30-14-10-27/h15H,1-14H2,(H,23,24,28). The zero-order chi connectivity index (χ0) is 20.3. The number of hydrogen-bond donors (Lipinski definition) is 1. The second kappa shape index (κ2) is 8.77. The van der Waals surface area contributed by atoms with E-state index in [4.69, 9.17) is 19.4 Å². The van der Waals surface area contributed by atoms with E-state index in [1.807, 2.05) is 6.07 Å². The first-order chi connectivity index (χ1) is 14.8. The van der Waals surface area contributed by atoms with E-state index in [2.05, 4.69) is 19.7 Å². The fourth-order valence-corrected chi connectivity index (χ4v) is 4.48. The minimum Gasteiger partial charge on any atom is -0.378 e. The lowest BCUT2D eigenvalue weighted by Gasteiger charge is -2.31. The minimum absolute atomic E-state index is 0.102. The van der Waals surface area contributed by atoms with E-state index in [0.717, 1.165) is 63.7 Å². The fourth-order valence-electron chi connectivity index (χ4n) is 4.48. The number of anilines is 3. The molecule has 1 N–H and O–H groups in total. The van der Waals surface area contributed by atoms with Gasteiger partial charge in [0.2, 0.25) is 5.95 Å². The molecule has 0 spiro atoms. The van der Waals surface area contributed by atoms with Gasteiger partial charge in [0.25, 0.3) is 5.56 Å². The summed E-state index contributed by atoms with van der Waals surface area (Å²) in [5, 5.41) is 0.614. The van der Waals surface area contributed by atoms with Gasteiger partial charge in [-0.15, -0.1) is 0 Å². The van der Waals surface area contributed by atoms with Gasteiger partial charge in [-0.1, -0.05) is 12.8 Å². The minimum atomic E-state index is -0.102. The number of H-pyrrole nitrogens is 1. The van der Waals surface area contributed by atoms with Crippen molar-refractivity contribution >= 4 is 28.5 Å². The van der Waals surface area contributed by atoms with Crippen LogP contribution in [0.2, 0.25) is 0 Å². The number of hydrogen-bond acceptors (Lipinski definition) is 8. The summed E-state index contributed by atoms with van der Waals surface area (Å²) < 4.78 is 11.0. The molecule has 3 saturated heterocycles. The molecule has 2 aromatic rings. The lowest BCUT2D eigenvalue weighted by molar-refractivity contribution is 0.122. The largest absolute Gasteiger partial charge is 0.378 e. The molecule has 0 aliphatic carbocycles. The number of fused-ring (bicyclic) bond motifs is 1. The molecule has 9 heteroatoms. The summed E-state index contributed by atoms with van der Waals surface area (Å²) in [6, 6.07) is 1.90. The van der Waals surface area contributed by atoms with Crippen molar-refractivity contribution in [2.45, 2.75) is 25.7 Å². The molecular formula is C21H30N6O3. The van der Waals surface area contributed by atoms with E-state index in [1.54, 1.807) is 0 Å². The quantitative estimate of drug-likeness (QED) is 0.806. The van der Waals surface area contributed by atoms with Gasteiger partial charge < -0.3 is 24.2 Å². The predicted octanol–water partition coefficient (Wildman–Crippen LogP) is 1.37. The van der Waals surface area contributed by atoms with E-state index in [1.165, 1.54) is 12.8 Å². The number of morpholine rings is 2. The van der Waals surface area contributed by atoms with Crippen LogP contribution in [0.5, 0.6) is 0 Å². The number of rotatable bonds is 3. The Bertz CT molecular complexity index is 928. The molecule has 2 aromatic heterocycles. The molecular weight excluding hydrogens is 384 g/mol. The maximum atomic E-state index is 13.1. The van der Waals surface area contributed by atoms with Crippen molar-refractivity contribution in [3.63, 3.8) is 0 Å². The molecule has 3 fully saturated rings. The van der Waals surface area contributed by atoms with Gasteiger partial charge in [-0.2, -0.15) is 0 Å². The van der Waals surface area contributed by atoms with Crippen molar-refractivity contribution in [1.82, 2.24) is 15.0 Å². The zero-order valence-electron chi connectivity index (χ0n) is 17.4. The van der Waals surface area contributed by atoms with Gasteiger partial charge in [0.05, 0.1) is 31.8 Å². The van der Waals surface area contributed by atoms with Crippen molar-refractivity contribution < 1.29 is 9.47 Å². The molecule has 0 radical (unpaired) electrons. The molecule has 0 amide bonds. The average Bonchev–Trinajstić information content (AvgIpc) is 3.09. The van der Waals surface area contributed by atoms with Gasteiger partial charge in [0, 0.05) is 39.3 Å². The first-order valence-corrected chi connectivity index (χ1v) is 11.1. The Kier molecular flexibility index (Phi) is 5.72. The van der Waals surface area contributed by atoms with E-state index in [0.29, 0.717) is 43.3 Å². The maximum Gasteiger partial charge on any atom is 0.260 e. The fraction of sp³-hybridized carbons (Fsp3) is 0.667. The van der Waals surface area contributed by atoms with Crippen LogP contribution in [0.1, 0.15) is 25.7 Å². The Morgan fingerprint density at radius 1 is 0.767 bits per heavy atom. The van der Waals surface area contributed by atoms with Crippen LogP contribution in [0.15, 0.2) is 10.9 Å². The van der Waals surface area contributed by atoms with Gasteiger partial charge >= 0.3 is 0 Å². The highest BCUT2D eigenvalue weighted by Gasteiger charge is 2.23. The van der Waals surface area contributed by atoms with Crippen LogP contribution in [0.25, 0.3) is 10.9 Å². The molecule has 5 rings (SSSR count). The van der Waals surface area contributed by atoms with Crippen LogP contribution in [0.4, 0.5) is 17.6 Å². The SMILES string of the molecule is O=c1[nH]c(N2CCOCC2)nc2c(N3CCCCCC3)nc(N3CCOCC3)cc12. The van der Waals surface area contributed by atoms with Crippen molar-refractivity contribution in [3.8, 4) is 0 Å². The van der Waals surface area contributed by atoms with Gasteiger partial charge in [-0.25, -0.2) is 9.97 Å². The van der Waals surface area contributed by atoms with E-state index in [9.17, 15) is 4.79 Å². The Morgan fingerprint density at radius 2 is 1.40 bits per heavy atom. The number of nitrogens with one attached hydrogen (secondary N) is 1. The second-order valence-corrected chi connectivity index (χ2v) is 8.19. The lowest BCUT2D eigenvalue weighted by Crippen LogP contribution is -2.39. The number of ether oxygens (including phenoxy) is 2. The molecule has 162 valence electrons. The smallest absolute Gasteiger partial charge is 0.260 e. The maximum absolute atomic E-state index is 13.1. The van der Waals surface area contributed by atoms with E-state index < -0.39 is 0 Å². The summed E-state index contributed by atoms with van der Waals surface area (Å²) in [6.45, 7) is 7.60. The first kappa shape index (κ1) is 19.6. The number of nitrogens with zero attached hydrogens (tertiary/aromatic N) is 5. The summed E-state index contributed by atoms with van der Waals surface area (Å²) in [5.41, 5.74) is 0.605. The van der Waals surface area contributed by atoms with Crippen LogP contribution in [0.3, 0.4) is 0 Å². The molecule has 30 heavy (non-hydrogen) atoms. The van der Waals surface area contributed by atoms with E-state index in [-0.39, 0.29) is 5.56 Å². The van der Waals surface area contributed by atoms with Gasteiger partial charge in [-0.05, 0) is 18.9 Å². The lowest BCUT2D eigenvalue weighted by atomic mass is 10.2. The highest BCUT2D eigenvalue weighted by molar-refractivity contribution is 5.91. The molecule has 3 aliphatic rings. The van der Waals surface area contributed by atoms with Crippen molar-refractivity contribution in [2.24, 2.45) is 0 Å². The molecule has 5 heterocycles. The van der Waals surface area contributed by atoms with Crippen LogP contribution < -0.4 is 20.3 Å². The van der Waals surface area contributed by atoms with Crippen LogP contribution >= 0.6 is 0 Å². The Balaban J connectivity index is 1.62. The summed E-state index contributed by atoms with van der Waals surface area (Å²) in [5.74, 6) is 2.31. The molecule has 0 atom stereocenters. The number of aromatic nitrogens is 3. The van der Waals surface area contributed by atoms with Crippen LogP contribution in [-0.2, 0) is 9.47 Å². The normalized spacial score (nSPS) is 21.1. The second-order valence-electron chi connectivity index (χ2n) is 8.19. The first-order valence-electron chi connectivity index (χ1n) is 11.1. The number of pyridine rings is 1. The molecule has 0 bridgehead atoms. The van der Waals surface area contributed by atoms with Crippen LogP contribution in [-0.4, -0.2) is 80.6 Å². The van der Waals surface area contributed by atoms with Gasteiger partial charge in [-0.3, -0.25) is 9.78 Å². The van der Waals surface area contributed by atoms with Crippen molar-refractivity contribution in [2.75, 3.05) is 80.4 Å². The summed E-state index contributed by atoms with van der Waals surface area (Å²) in [7, 11) is 0. The highest BCUT2D eigenvalue weighted by Crippen LogP contribution is 2.29. The third-order valence-electron chi connectivity index (χ3n) is 6.20. The summed E-state index contributed by atoms with van der Waals surface area (Å²) >= 11 is 0. The molecule has 3 aliphatic heterocycles. The summed E-state index contributed by atoms with van der Waals surface area (Å²) in [6.07, 6.45) is 4.77. The molecule has 0 saturated carbocycles. The van der Waals surface area contributed by atoms with Crippen LogP contribution in [0, 0.1) is 0 Å². The predicted molar refractivity (Wildman–Crippen MR) is 117 cm³/mol.